The number of hydrazone groups is 1. The summed E-state index contributed by atoms with van der Waals surface area (Å²) >= 11 is 6.00. The summed E-state index contributed by atoms with van der Waals surface area (Å²) in [6.45, 7) is 4.06. The van der Waals surface area contributed by atoms with Gasteiger partial charge in [-0.1, -0.05) is 48.0 Å². The highest BCUT2D eigenvalue weighted by molar-refractivity contribution is 6.30. The zero-order chi connectivity index (χ0) is 21.1. The van der Waals surface area contributed by atoms with Crippen LogP contribution in [0.3, 0.4) is 0 Å². The number of halogens is 1. The van der Waals surface area contributed by atoms with E-state index in [1.54, 1.807) is 29.3 Å². The van der Waals surface area contributed by atoms with E-state index in [1.807, 2.05) is 30.3 Å². The molecule has 152 valence electrons. The van der Waals surface area contributed by atoms with Gasteiger partial charge in [-0.05, 0) is 29.4 Å². The molecule has 1 unspecified atom stereocenters. The van der Waals surface area contributed by atoms with Crippen molar-refractivity contribution in [2.24, 2.45) is 5.10 Å². The van der Waals surface area contributed by atoms with E-state index in [0.29, 0.717) is 16.6 Å². The Bertz CT molecular complexity index is 1080. The summed E-state index contributed by atoms with van der Waals surface area (Å²) in [4.78, 5) is 17.6. The van der Waals surface area contributed by atoms with E-state index in [1.165, 1.54) is 11.0 Å². The van der Waals surface area contributed by atoms with Crippen molar-refractivity contribution in [3.63, 3.8) is 0 Å². The van der Waals surface area contributed by atoms with Gasteiger partial charge in [-0.25, -0.2) is 9.80 Å². The zero-order valence-electron chi connectivity index (χ0n) is 15.8. The lowest BCUT2D eigenvalue weighted by Crippen LogP contribution is -2.46. The monoisotopic (exact) mass is 423 g/mol. The van der Waals surface area contributed by atoms with Crippen LogP contribution in [0, 0.1) is 0 Å². The topological polar surface area (TPSA) is 95.1 Å². The molecule has 1 amide bonds. The molecular formula is C21H18ClN5O3. The van der Waals surface area contributed by atoms with Crippen molar-refractivity contribution in [3.8, 4) is 11.5 Å². The molecule has 3 aromatic rings. The van der Waals surface area contributed by atoms with E-state index in [9.17, 15) is 9.90 Å². The molecule has 1 aromatic heterocycles. The van der Waals surface area contributed by atoms with E-state index in [0.717, 1.165) is 11.1 Å². The highest BCUT2D eigenvalue weighted by atomic mass is 35.5. The van der Waals surface area contributed by atoms with Gasteiger partial charge in [0.2, 0.25) is 0 Å². The molecule has 0 saturated carbocycles. The van der Waals surface area contributed by atoms with Gasteiger partial charge in [0.15, 0.2) is 0 Å². The lowest BCUT2D eigenvalue weighted by molar-refractivity contribution is 0.145. The average Bonchev–Trinajstić information content (AvgIpc) is 3.41. The van der Waals surface area contributed by atoms with Gasteiger partial charge in [0.1, 0.15) is 0 Å². The van der Waals surface area contributed by atoms with Gasteiger partial charge >= 0.3 is 6.09 Å². The van der Waals surface area contributed by atoms with Crippen LogP contribution in [0.25, 0.3) is 11.5 Å². The number of anilines is 1. The molecule has 1 N–H and O–H groups in total. The summed E-state index contributed by atoms with van der Waals surface area (Å²) in [6, 6.07) is 15.9. The normalized spacial score (nSPS) is 15.7. The fourth-order valence-corrected chi connectivity index (χ4v) is 3.35. The van der Waals surface area contributed by atoms with Gasteiger partial charge in [0.25, 0.3) is 11.8 Å². The van der Waals surface area contributed by atoms with Gasteiger partial charge in [-0.15, -0.1) is 6.58 Å². The van der Waals surface area contributed by atoms with E-state index < -0.39 is 12.1 Å². The van der Waals surface area contributed by atoms with Crippen LogP contribution >= 0.6 is 11.6 Å². The third kappa shape index (κ3) is 3.90. The fourth-order valence-electron chi connectivity index (χ4n) is 3.23. The molecule has 9 heteroatoms. The van der Waals surface area contributed by atoms with Gasteiger partial charge < -0.3 is 9.63 Å². The standard InChI is InChI=1S/C21H18ClN5O3/c1-2-12-26(21(28)29)17-13-27(24-18(17)14-8-10-16(22)11-9-14)20-23-19(30-25-20)15-6-4-3-5-7-15/h2-11,17H,1,12-13H2,(H,28,29). The van der Waals surface area contributed by atoms with E-state index in [2.05, 4.69) is 21.8 Å². The molecule has 0 fully saturated rings. The first-order chi connectivity index (χ1) is 14.6. The van der Waals surface area contributed by atoms with Crippen LogP contribution in [-0.2, 0) is 0 Å². The smallest absolute Gasteiger partial charge is 0.408 e. The van der Waals surface area contributed by atoms with Crippen molar-refractivity contribution in [1.29, 1.82) is 0 Å². The Morgan fingerprint density at radius 2 is 1.97 bits per heavy atom. The number of carbonyl (C=O) groups is 1. The Balaban J connectivity index is 1.69. The summed E-state index contributed by atoms with van der Waals surface area (Å²) in [5.74, 6) is 0.616. The Kier molecular flexibility index (Phi) is 5.49. The number of hydrogen-bond donors (Lipinski definition) is 1. The number of hydrogen-bond acceptors (Lipinski definition) is 6. The van der Waals surface area contributed by atoms with E-state index in [-0.39, 0.29) is 19.0 Å². The summed E-state index contributed by atoms with van der Waals surface area (Å²) in [5.41, 5.74) is 2.11. The van der Waals surface area contributed by atoms with Crippen molar-refractivity contribution in [2.75, 3.05) is 18.1 Å². The number of nitrogens with zero attached hydrogens (tertiary/aromatic N) is 5. The minimum absolute atomic E-state index is 0.155. The van der Waals surface area contributed by atoms with Gasteiger partial charge in [0, 0.05) is 22.7 Å². The number of rotatable bonds is 6. The minimum atomic E-state index is -1.07. The molecular weight excluding hydrogens is 406 g/mol. The molecule has 0 spiro atoms. The Hall–Kier alpha value is -3.65. The number of amides is 1. The van der Waals surface area contributed by atoms with E-state index >= 15 is 0 Å². The number of carboxylic acid groups (broad SMARTS) is 1. The predicted molar refractivity (Wildman–Crippen MR) is 114 cm³/mol. The van der Waals surface area contributed by atoms with Crippen LogP contribution < -0.4 is 5.01 Å². The number of aromatic nitrogens is 2. The molecule has 0 saturated heterocycles. The second-order valence-corrected chi connectivity index (χ2v) is 7.02. The maximum absolute atomic E-state index is 11.9. The van der Waals surface area contributed by atoms with Crippen molar-refractivity contribution in [2.45, 2.75) is 6.04 Å². The maximum Gasteiger partial charge on any atom is 0.408 e. The first-order valence-electron chi connectivity index (χ1n) is 9.18. The van der Waals surface area contributed by atoms with Gasteiger partial charge in [0.05, 0.1) is 18.3 Å². The molecule has 1 aliphatic heterocycles. The second-order valence-electron chi connectivity index (χ2n) is 6.58. The molecule has 0 bridgehead atoms. The molecule has 2 aromatic carbocycles. The van der Waals surface area contributed by atoms with Crippen LogP contribution in [0.2, 0.25) is 5.02 Å². The Morgan fingerprint density at radius 1 is 1.23 bits per heavy atom. The molecule has 1 aliphatic rings. The predicted octanol–water partition coefficient (Wildman–Crippen LogP) is 4.15. The van der Waals surface area contributed by atoms with Crippen LogP contribution in [0.1, 0.15) is 5.56 Å². The maximum atomic E-state index is 11.9. The Labute approximate surface area is 177 Å². The lowest BCUT2D eigenvalue weighted by Gasteiger charge is -2.25. The van der Waals surface area contributed by atoms with Crippen molar-refractivity contribution in [3.05, 3.63) is 77.8 Å². The minimum Gasteiger partial charge on any atom is -0.465 e. The van der Waals surface area contributed by atoms with E-state index in [4.69, 9.17) is 16.1 Å². The lowest BCUT2D eigenvalue weighted by atomic mass is 10.0. The fraction of sp³-hybridized carbons (Fsp3) is 0.143. The van der Waals surface area contributed by atoms with Crippen LogP contribution in [0.15, 0.2) is 76.9 Å². The SMILES string of the molecule is C=CCN(C(=O)O)C1CN(c2noc(-c3ccccc3)n2)N=C1c1ccc(Cl)cc1. The summed E-state index contributed by atoms with van der Waals surface area (Å²) in [6.07, 6.45) is 0.472. The highest BCUT2D eigenvalue weighted by Gasteiger charge is 2.37. The Morgan fingerprint density at radius 3 is 2.63 bits per heavy atom. The molecule has 4 rings (SSSR count). The third-order valence-electron chi connectivity index (χ3n) is 4.64. The van der Waals surface area contributed by atoms with Crippen molar-refractivity contribution >= 4 is 29.4 Å². The third-order valence-corrected chi connectivity index (χ3v) is 4.90. The summed E-state index contributed by atoms with van der Waals surface area (Å²) < 4.78 is 5.37. The molecule has 1 atom stereocenters. The van der Waals surface area contributed by atoms with Crippen LogP contribution in [-0.4, -0.2) is 51.1 Å². The molecule has 0 radical (unpaired) electrons. The molecule has 30 heavy (non-hydrogen) atoms. The highest BCUT2D eigenvalue weighted by Crippen LogP contribution is 2.26. The number of benzene rings is 2. The quantitative estimate of drug-likeness (QED) is 0.598. The summed E-state index contributed by atoms with van der Waals surface area (Å²) in [7, 11) is 0. The van der Waals surface area contributed by atoms with Crippen molar-refractivity contribution < 1.29 is 14.4 Å². The summed E-state index contributed by atoms with van der Waals surface area (Å²) in [5, 5.41) is 20.5. The van der Waals surface area contributed by atoms with Crippen molar-refractivity contribution in [1.82, 2.24) is 15.0 Å². The second kappa shape index (κ2) is 8.38. The van der Waals surface area contributed by atoms with Crippen LogP contribution in [0.5, 0.6) is 0 Å². The first kappa shape index (κ1) is 19.7. The first-order valence-corrected chi connectivity index (χ1v) is 9.56. The van der Waals surface area contributed by atoms with Gasteiger partial charge in [-0.2, -0.15) is 10.1 Å². The average molecular weight is 424 g/mol. The molecule has 0 aliphatic carbocycles. The molecule has 8 nitrogen and oxygen atoms in total. The zero-order valence-corrected chi connectivity index (χ0v) is 16.6. The molecule has 2 heterocycles. The largest absolute Gasteiger partial charge is 0.465 e. The van der Waals surface area contributed by atoms with Crippen LogP contribution in [0.4, 0.5) is 10.7 Å². The van der Waals surface area contributed by atoms with Gasteiger partial charge in [-0.3, -0.25) is 4.90 Å².